The van der Waals surface area contributed by atoms with Crippen LogP contribution in [0.3, 0.4) is 0 Å². The van der Waals surface area contributed by atoms with Crippen LogP contribution in [0.4, 0.5) is 10.1 Å². The summed E-state index contributed by atoms with van der Waals surface area (Å²) >= 11 is 0. The molecule has 0 aliphatic heterocycles. The average molecular weight is 351 g/mol. The van der Waals surface area contributed by atoms with Crippen molar-refractivity contribution in [3.05, 3.63) is 59.9 Å². The quantitative estimate of drug-likeness (QED) is 0.866. The maximum Gasteiger partial charge on any atom is 0.335 e. The zero-order valence-corrected chi connectivity index (χ0v) is 14.1. The molecular weight excluding hydrogens is 333 g/mol. The standard InChI is InChI=1S/C17H18FNO4S/c1-12(2)11-19(15-5-3-4-13(10-15)17(20)21)24(22,23)16-8-6-14(18)7-9-16/h3-10,12H,11H2,1-2H3,(H,20,21). The van der Waals surface area contributed by atoms with E-state index in [0.717, 1.165) is 16.4 Å². The van der Waals surface area contributed by atoms with E-state index in [2.05, 4.69) is 0 Å². The SMILES string of the molecule is CC(C)CN(c1cccc(C(=O)O)c1)S(=O)(=O)c1ccc(F)cc1. The molecule has 0 aromatic heterocycles. The summed E-state index contributed by atoms with van der Waals surface area (Å²) in [6, 6.07) is 10.3. The number of aromatic carboxylic acids is 1. The number of carboxylic acids is 1. The second-order valence-electron chi connectivity index (χ2n) is 5.74. The van der Waals surface area contributed by atoms with Crippen molar-refractivity contribution in [2.45, 2.75) is 18.7 Å². The third-order valence-electron chi connectivity index (χ3n) is 3.31. The largest absolute Gasteiger partial charge is 0.478 e. The number of halogens is 1. The zero-order chi connectivity index (χ0) is 17.9. The maximum absolute atomic E-state index is 13.1. The molecule has 0 amide bonds. The van der Waals surface area contributed by atoms with E-state index in [0.29, 0.717) is 0 Å². The number of hydrogen-bond donors (Lipinski definition) is 1. The van der Waals surface area contributed by atoms with Gasteiger partial charge in [0.25, 0.3) is 10.0 Å². The van der Waals surface area contributed by atoms with Gasteiger partial charge in [-0.15, -0.1) is 0 Å². The lowest BCUT2D eigenvalue weighted by Crippen LogP contribution is -2.34. The monoisotopic (exact) mass is 351 g/mol. The summed E-state index contributed by atoms with van der Waals surface area (Å²) in [5, 5.41) is 9.11. The molecule has 2 aromatic carbocycles. The molecule has 0 heterocycles. The lowest BCUT2D eigenvalue weighted by molar-refractivity contribution is 0.0697. The van der Waals surface area contributed by atoms with Gasteiger partial charge in [0.05, 0.1) is 16.1 Å². The van der Waals surface area contributed by atoms with Crippen LogP contribution in [0, 0.1) is 11.7 Å². The van der Waals surface area contributed by atoms with Crippen molar-refractivity contribution in [2.75, 3.05) is 10.8 Å². The van der Waals surface area contributed by atoms with E-state index >= 15 is 0 Å². The Morgan fingerprint density at radius 1 is 1.17 bits per heavy atom. The fourth-order valence-electron chi connectivity index (χ4n) is 2.20. The van der Waals surface area contributed by atoms with Crippen molar-refractivity contribution in [1.29, 1.82) is 0 Å². The van der Waals surface area contributed by atoms with E-state index in [-0.39, 0.29) is 28.6 Å². The number of carboxylic acid groups (broad SMARTS) is 1. The average Bonchev–Trinajstić information content (AvgIpc) is 2.53. The molecule has 0 aliphatic rings. The molecule has 0 spiro atoms. The number of nitrogens with zero attached hydrogens (tertiary/aromatic N) is 1. The van der Waals surface area contributed by atoms with Crippen molar-refractivity contribution in [1.82, 2.24) is 0 Å². The zero-order valence-electron chi connectivity index (χ0n) is 13.3. The van der Waals surface area contributed by atoms with Gasteiger partial charge in [-0.25, -0.2) is 17.6 Å². The summed E-state index contributed by atoms with van der Waals surface area (Å²) in [5.41, 5.74) is 0.253. The lowest BCUT2D eigenvalue weighted by Gasteiger charge is -2.26. The minimum atomic E-state index is -3.93. The molecule has 0 bridgehead atoms. The predicted octanol–water partition coefficient (Wildman–Crippen LogP) is 3.38. The topological polar surface area (TPSA) is 74.7 Å². The summed E-state index contributed by atoms with van der Waals surface area (Å²) in [4.78, 5) is 11.1. The third kappa shape index (κ3) is 3.91. The maximum atomic E-state index is 13.1. The fraction of sp³-hybridized carbons (Fsp3) is 0.235. The van der Waals surface area contributed by atoms with Crippen LogP contribution >= 0.6 is 0 Å². The van der Waals surface area contributed by atoms with Crippen molar-refractivity contribution in [3.8, 4) is 0 Å². The van der Waals surface area contributed by atoms with Crippen LogP contribution in [0.5, 0.6) is 0 Å². The van der Waals surface area contributed by atoms with Crippen molar-refractivity contribution < 1.29 is 22.7 Å². The molecule has 24 heavy (non-hydrogen) atoms. The molecule has 2 rings (SSSR count). The summed E-state index contributed by atoms with van der Waals surface area (Å²) in [6.07, 6.45) is 0. The number of rotatable bonds is 6. The summed E-state index contributed by atoms with van der Waals surface area (Å²) < 4.78 is 40.1. The molecule has 0 fully saturated rings. The minimum Gasteiger partial charge on any atom is -0.478 e. The van der Waals surface area contributed by atoms with Gasteiger partial charge in [-0.3, -0.25) is 4.31 Å². The fourth-order valence-corrected chi connectivity index (χ4v) is 3.82. The number of benzene rings is 2. The van der Waals surface area contributed by atoms with E-state index in [4.69, 9.17) is 5.11 Å². The van der Waals surface area contributed by atoms with E-state index in [9.17, 15) is 17.6 Å². The van der Waals surface area contributed by atoms with Gasteiger partial charge in [0.2, 0.25) is 0 Å². The summed E-state index contributed by atoms with van der Waals surface area (Å²) in [6.45, 7) is 3.88. The normalized spacial score (nSPS) is 11.5. The molecular formula is C17H18FNO4S. The Balaban J connectivity index is 2.54. The van der Waals surface area contributed by atoms with E-state index in [1.807, 2.05) is 13.8 Å². The first-order chi connectivity index (χ1) is 11.2. The van der Waals surface area contributed by atoms with Crippen LogP contribution in [0.2, 0.25) is 0 Å². The molecule has 0 saturated carbocycles. The van der Waals surface area contributed by atoms with Crippen molar-refractivity contribution in [2.24, 2.45) is 5.92 Å². The molecule has 0 aliphatic carbocycles. The van der Waals surface area contributed by atoms with Crippen LogP contribution in [-0.2, 0) is 10.0 Å². The molecule has 128 valence electrons. The van der Waals surface area contributed by atoms with E-state index in [1.165, 1.54) is 36.4 Å². The van der Waals surface area contributed by atoms with E-state index in [1.54, 1.807) is 0 Å². The molecule has 0 atom stereocenters. The second-order valence-corrected chi connectivity index (χ2v) is 7.60. The highest BCUT2D eigenvalue weighted by atomic mass is 32.2. The van der Waals surface area contributed by atoms with E-state index < -0.39 is 21.8 Å². The van der Waals surface area contributed by atoms with Gasteiger partial charge in [-0.2, -0.15) is 0 Å². The Labute approximate surface area is 140 Å². The molecule has 1 N–H and O–H groups in total. The Hall–Kier alpha value is -2.41. The van der Waals surface area contributed by atoms with Gasteiger partial charge in [0.1, 0.15) is 5.82 Å². The lowest BCUT2D eigenvalue weighted by atomic mass is 10.2. The molecule has 0 unspecified atom stereocenters. The van der Waals surface area contributed by atoms with Gasteiger partial charge in [-0.1, -0.05) is 19.9 Å². The second kappa shape index (κ2) is 7.00. The number of hydrogen-bond acceptors (Lipinski definition) is 3. The molecule has 0 radical (unpaired) electrons. The summed E-state index contributed by atoms with van der Waals surface area (Å²) in [5.74, 6) is -1.66. The highest BCUT2D eigenvalue weighted by Gasteiger charge is 2.26. The predicted molar refractivity (Wildman–Crippen MR) is 89.2 cm³/mol. The van der Waals surface area contributed by atoms with Crippen molar-refractivity contribution >= 4 is 21.7 Å². The Morgan fingerprint density at radius 2 is 1.79 bits per heavy atom. The third-order valence-corrected chi connectivity index (χ3v) is 5.12. The first-order valence-corrected chi connectivity index (χ1v) is 8.77. The minimum absolute atomic E-state index is 0.00411. The molecule has 5 nitrogen and oxygen atoms in total. The molecule has 7 heteroatoms. The van der Waals surface area contributed by atoms with Gasteiger partial charge in [0.15, 0.2) is 0 Å². The van der Waals surface area contributed by atoms with Crippen molar-refractivity contribution in [3.63, 3.8) is 0 Å². The number of sulfonamides is 1. The molecule has 2 aromatic rings. The van der Waals surface area contributed by atoms with Crippen LogP contribution in [-0.4, -0.2) is 26.0 Å². The van der Waals surface area contributed by atoms with Crippen LogP contribution < -0.4 is 4.31 Å². The highest BCUT2D eigenvalue weighted by Crippen LogP contribution is 2.26. The Kier molecular flexibility index (Phi) is 5.23. The van der Waals surface area contributed by atoms with Crippen LogP contribution in [0.25, 0.3) is 0 Å². The first-order valence-electron chi connectivity index (χ1n) is 7.33. The highest BCUT2D eigenvalue weighted by molar-refractivity contribution is 7.92. The Bertz CT molecular complexity index is 832. The number of carbonyl (C=O) groups is 1. The van der Waals surface area contributed by atoms with Crippen LogP contribution in [0.15, 0.2) is 53.4 Å². The van der Waals surface area contributed by atoms with Gasteiger partial charge in [-0.05, 0) is 48.4 Å². The number of anilines is 1. The Morgan fingerprint density at radius 3 is 2.33 bits per heavy atom. The first kappa shape index (κ1) is 17.9. The smallest absolute Gasteiger partial charge is 0.335 e. The molecule has 0 saturated heterocycles. The van der Waals surface area contributed by atoms with Gasteiger partial charge < -0.3 is 5.11 Å². The van der Waals surface area contributed by atoms with Gasteiger partial charge >= 0.3 is 5.97 Å². The van der Waals surface area contributed by atoms with Crippen LogP contribution in [0.1, 0.15) is 24.2 Å². The van der Waals surface area contributed by atoms with Gasteiger partial charge in [0, 0.05) is 6.54 Å². The summed E-state index contributed by atoms with van der Waals surface area (Å²) in [7, 11) is -3.93.